The number of allylic oxidation sites excluding steroid dienone is 16. The number of hydrogen-bond acceptors (Lipinski definition) is 5. The molecule has 1 atom stereocenters. The van der Waals surface area contributed by atoms with E-state index in [1.54, 1.807) is 0 Å². The molecule has 5 heteroatoms. The molecule has 0 aliphatic carbocycles. The van der Waals surface area contributed by atoms with Gasteiger partial charge < -0.3 is 14.6 Å². The molecule has 0 aliphatic rings. The first-order valence-electron chi connectivity index (χ1n) is 35.8. The van der Waals surface area contributed by atoms with Crippen LogP contribution in [0.4, 0.5) is 0 Å². The van der Waals surface area contributed by atoms with Crippen LogP contribution in [0, 0.1) is 0 Å². The lowest BCUT2D eigenvalue weighted by atomic mass is 10.0. The molecule has 1 N–H and O–H groups in total. The van der Waals surface area contributed by atoms with Gasteiger partial charge in [0.15, 0.2) is 6.10 Å². The van der Waals surface area contributed by atoms with Crippen LogP contribution in [0.15, 0.2) is 97.2 Å². The van der Waals surface area contributed by atoms with Crippen molar-refractivity contribution in [1.29, 1.82) is 0 Å². The molecule has 1 unspecified atom stereocenters. The summed E-state index contributed by atoms with van der Waals surface area (Å²) >= 11 is 0. The van der Waals surface area contributed by atoms with E-state index in [1.807, 2.05) is 0 Å². The molecule has 5 nitrogen and oxygen atoms in total. The highest BCUT2D eigenvalue weighted by molar-refractivity contribution is 5.70. The lowest BCUT2D eigenvalue weighted by molar-refractivity contribution is -0.161. The fourth-order valence-electron chi connectivity index (χ4n) is 10.5. The van der Waals surface area contributed by atoms with E-state index in [4.69, 9.17) is 9.47 Å². The van der Waals surface area contributed by atoms with Crippen molar-refractivity contribution in [2.45, 2.75) is 367 Å². The normalized spacial score (nSPS) is 12.8. The van der Waals surface area contributed by atoms with E-state index in [0.29, 0.717) is 12.8 Å². The number of carbonyl (C=O) groups excluding carboxylic acids is 2. The Morgan fingerprint density at radius 3 is 0.793 bits per heavy atom. The number of unbranched alkanes of at least 4 members (excludes halogenated alkanes) is 42. The second-order valence-corrected chi connectivity index (χ2v) is 23.9. The lowest BCUT2D eigenvalue weighted by Crippen LogP contribution is -2.28. The summed E-state index contributed by atoms with van der Waals surface area (Å²) in [7, 11) is 0. The topological polar surface area (TPSA) is 72.8 Å². The largest absolute Gasteiger partial charge is 0.462 e. The molecule has 474 valence electrons. The average Bonchev–Trinajstić information content (AvgIpc) is 3.49. The van der Waals surface area contributed by atoms with Crippen molar-refractivity contribution in [3.63, 3.8) is 0 Å². The monoisotopic (exact) mass is 1140 g/mol. The second kappa shape index (κ2) is 72.1. The summed E-state index contributed by atoms with van der Waals surface area (Å²) in [5.41, 5.74) is 0. The third-order valence-electron chi connectivity index (χ3n) is 15.9. The van der Waals surface area contributed by atoms with E-state index in [1.165, 1.54) is 250 Å². The molecule has 0 aliphatic heterocycles. The highest BCUT2D eigenvalue weighted by atomic mass is 16.6. The van der Waals surface area contributed by atoms with Gasteiger partial charge in [0.05, 0.1) is 6.61 Å². The molecule has 0 saturated heterocycles. The minimum atomic E-state index is -0.780. The summed E-state index contributed by atoms with van der Waals surface area (Å²) in [4.78, 5) is 24.7. The summed E-state index contributed by atoms with van der Waals surface area (Å²) in [5, 5.41) is 9.70. The number of carbonyl (C=O) groups is 2. The zero-order chi connectivity index (χ0) is 59.1. The maximum Gasteiger partial charge on any atom is 0.306 e. The molecular formula is C77H136O5. The first-order valence-corrected chi connectivity index (χ1v) is 35.8. The van der Waals surface area contributed by atoms with Crippen molar-refractivity contribution in [3.8, 4) is 0 Å². The predicted molar refractivity (Wildman–Crippen MR) is 362 cm³/mol. The standard InChI is InChI=1S/C77H136O5/c1-3-5-7-9-11-13-15-17-19-21-23-25-27-29-31-33-34-35-36-37-38-39-40-41-42-44-45-47-49-51-53-55-57-59-61-63-65-67-69-71-76(79)81-74-75(73-78)82-77(80)72-70-68-66-64-62-60-58-56-54-52-50-48-46-43-32-30-28-26-24-22-20-18-16-14-12-10-8-6-4-2/h6,8,12,14-15,17-18,20-21,23-24,26,30,32,46,48,75,78H,3-5,7,9-11,13,16,19,22,25,27-29,31,33-45,47,49-74H2,1-2H3/b8-6-,14-12-,17-15-,20-18-,23-21-,26-24-,32-30-,48-46-. The van der Waals surface area contributed by atoms with Gasteiger partial charge >= 0.3 is 11.9 Å². The summed E-state index contributed by atoms with van der Waals surface area (Å²) in [6, 6.07) is 0. The molecule has 82 heavy (non-hydrogen) atoms. The maximum atomic E-state index is 12.4. The Hall–Kier alpha value is -3.18. The Labute approximate surface area is 510 Å². The molecule has 0 radical (unpaired) electrons. The quantitative estimate of drug-likeness (QED) is 0.0373. The Balaban J connectivity index is 3.43. The van der Waals surface area contributed by atoms with E-state index in [9.17, 15) is 14.7 Å². The van der Waals surface area contributed by atoms with Gasteiger partial charge in [-0.05, 0) is 96.3 Å². The second-order valence-electron chi connectivity index (χ2n) is 23.9. The van der Waals surface area contributed by atoms with Crippen molar-refractivity contribution in [2.75, 3.05) is 13.2 Å². The van der Waals surface area contributed by atoms with Crippen molar-refractivity contribution in [1.82, 2.24) is 0 Å². The molecule has 0 aromatic rings. The van der Waals surface area contributed by atoms with Crippen molar-refractivity contribution in [2.24, 2.45) is 0 Å². The van der Waals surface area contributed by atoms with Crippen molar-refractivity contribution >= 4 is 11.9 Å². The number of rotatable bonds is 66. The van der Waals surface area contributed by atoms with Crippen LogP contribution in [0.1, 0.15) is 361 Å². The van der Waals surface area contributed by atoms with Crippen molar-refractivity contribution < 1.29 is 24.2 Å². The van der Waals surface area contributed by atoms with Crippen LogP contribution in [-0.2, 0) is 19.1 Å². The Kier molecular flexibility index (Phi) is 69.3. The number of ether oxygens (including phenoxy) is 2. The Morgan fingerprint density at radius 2 is 0.524 bits per heavy atom. The summed E-state index contributed by atoms with van der Waals surface area (Å²) < 4.78 is 10.8. The first kappa shape index (κ1) is 78.8. The fourth-order valence-corrected chi connectivity index (χ4v) is 10.5. The smallest absolute Gasteiger partial charge is 0.306 e. The lowest BCUT2D eigenvalue weighted by Gasteiger charge is -2.15. The summed E-state index contributed by atoms with van der Waals surface area (Å²) in [6.07, 6.45) is 103. The zero-order valence-electron chi connectivity index (χ0n) is 54.5. The molecule has 0 amide bonds. The summed E-state index contributed by atoms with van der Waals surface area (Å²) in [6.45, 7) is 4.05. The third kappa shape index (κ3) is 69.3. The minimum absolute atomic E-state index is 0.0678. The van der Waals surface area contributed by atoms with E-state index >= 15 is 0 Å². The molecule has 0 aromatic carbocycles. The highest BCUT2D eigenvalue weighted by Crippen LogP contribution is 2.18. The van der Waals surface area contributed by atoms with Crippen LogP contribution in [0.2, 0.25) is 0 Å². The Bertz CT molecular complexity index is 1530. The molecule has 0 bridgehead atoms. The van der Waals surface area contributed by atoms with Gasteiger partial charge in [0, 0.05) is 12.8 Å². The highest BCUT2D eigenvalue weighted by Gasteiger charge is 2.16. The predicted octanol–water partition coefficient (Wildman–Crippen LogP) is 25.0. The SMILES string of the molecule is CC/C=C\C/C=C\C/C=C\C/C=C\C/C=C\C/C=C\CCCCCCCCCCCCC(=O)OC(CO)COC(=O)CCCCCCCCCCCCCCCCCCCCCCCCCCCCC/C=C\C/C=C\CCCCCCC. The third-order valence-corrected chi connectivity index (χ3v) is 15.9. The van der Waals surface area contributed by atoms with Crippen molar-refractivity contribution in [3.05, 3.63) is 97.2 Å². The molecule has 0 spiro atoms. The average molecular weight is 1140 g/mol. The van der Waals surface area contributed by atoms with Gasteiger partial charge in [-0.2, -0.15) is 0 Å². The van der Waals surface area contributed by atoms with Crippen LogP contribution < -0.4 is 0 Å². The van der Waals surface area contributed by atoms with Gasteiger partial charge in [0.2, 0.25) is 0 Å². The molecule has 0 heterocycles. The number of esters is 2. The van der Waals surface area contributed by atoms with Gasteiger partial charge in [-0.3, -0.25) is 9.59 Å². The van der Waals surface area contributed by atoms with Crippen LogP contribution in [-0.4, -0.2) is 36.4 Å². The first-order chi connectivity index (χ1) is 40.6. The molecular weight excluding hydrogens is 1000 g/mol. The molecule has 0 rings (SSSR count). The van der Waals surface area contributed by atoms with Crippen LogP contribution >= 0.6 is 0 Å². The number of hydrogen-bond donors (Lipinski definition) is 1. The van der Waals surface area contributed by atoms with Gasteiger partial charge in [0.25, 0.3) is 0 Å². The van der Waals surface area contributed by atoms with Gasteiger partial charge in [-0.15, -0.1) is 0 Å². The van der Waals surface area contributed by atoms with E-state index in [-0.39, 0.29) is 25.2 Å². The molecule has 0 aromatic heterocycles. The van der Waals surface area contributed by atoms with Gasteiger partial charge in [-0.1, -0.05) is 349 Å². The molecule has 0 saturated carbocycles. The van der Waals surface area contributed by atoms with E-state index < -0.39 is 6.10 Å². The van der Waals surface area contributed by atoms with Crippen LogP contribution in [0.5, 0.6) is 0 Å². The van der Waals surface area contributed by atoms with E-state index in [0.717, 1.165) is 83.5 Å². The maximum absolute atomic E-state index is 12.4. The minimum Gasteiger partial charge on any atom is -0.462 e. The number of aliphatic hydroxyl groups excluding tert-OH is 1. The van der Waals surface area contributed by atoms with Crippen LogP contribution in [0.25, 0.3) is 0 Å². The van der Waals surface area contributed by atoms with Crippen LogP contribution in [0.3, 0.4) is 0 Å². The van der Waals surface area contributed by atoms with Gasteiger partial charge in [0.1, 0.15) is 6.61 Å². The Morgan fingerprint density at radius 1 is 0.293 bits per heavy atom. The molecule has 0 fully saturated rings. The van der Waals surface area contributed by atoms with E-state index in [2.05, 4.69) is 111 Å². The fraction of sp³-hybridized carbons (Fsp3) is 0.766. The number of aliphatic hydroxyl groups is 1. The zero-order valence-corrected chi connectivity index (χ0v) is 54.5. The van der Waals surface area contributed by atoms with Gasteiger partial charge in [-0.25, -0.2) is 0 Å². The summed E-state index contributed by atoms with van der Waals surface area (Å²) in [5.74, 6) is -0.584.